The van der Waals surface area contributed by atoms with E-state index in [9.17, 15) is 9.59 Å². The van der Waals surface area contributed by atoms with E-state index in [1.165, 1.54) is 0 Å². The summed E-state index contributed by atoms with van der Waals surface area (Å²) in [7, 11) is 0. The van der Waals surface area contributed by atoms with Gasteiger partial charge in [0.15, 0.2) is 0 Å². The molecule has 3 aromatic rings. The van der Waals surface area contributed by atoms with Crippen LogP contribution in [-0.4, -0.2) is 54.5 Å². The van der Waals surface area contributed by atoms with Crippen molar-refractivity contribution < 1.29 is 9.59 Å². The summed E-state index contributed by atoms with van der Waals surface area (Å²) in [6.07, 6.45) is 0. The Hall–Kier alpha value is -3.29. The van der Waals surface area contributed by atoms with Crippen molar-refractivity contribution in [3.05, 3.63) is 83.9 Å². The summed E-state index contributed by atoms with van der Waals surface area (Å²) < 4.78 is 0. The number of fused-ring (bicyclic) bond motifs is 2. The fourth-order valence-electron chi connectivity index (χ4n) is 4.39. The van der Waals surface area contributed by atoms with Crippen molar-refractivity contribution in [1.29, 1.82) is 0 Å². The van der Waals surface area contributed by atoms with E-state index < -0.39 is 0 Å². The van der Waals surface area contributed by atoms with Gasteiger partial charge < -0.3 is 20.0 Å². The molecule has 0 atom stereocenters. The van der Waals surface area contributed by atoms with Crippen molar-refractivity contribution in [1.82, 2.24) is 9.80 Å². The molecule has 1 saturated heterocycles. The largest absolute Gasteiger partial charge is 0.322 e. The smallest absolute Gasteiger partial charge is 0.321 e. The maximum Gasteiger partial charge on any atom is 0.321 e. The van der Waals surface area contributed by atoms with Gasteiger partial charge in [-0.1, -0.05) is 61.2 Å². The zero-order chi connectivity index (χ0) is 23.5. The maximum absolute atomic E-state index is 13.7. The lowest BCUT2D eigenvalue weighted by molar-refractivity contribution is 0.0982. The number of anilines is 2. The molecular weight excluding hydrogens is 444 g/mol. The molecule has 0 spiro atoms. The Morgan fingerprint density at radius 3 is 2.41 bits per heavy atom. The number of nitrogens with zero attached hydrogens (tertiary/aromatic N) is 3. The van der Waals surface area contributed by atoms with Gasteiger partial charge in [0, 0.05) is 41.7 Å². The standard InChI is InChI=1S/C27H28N4O2S/c1-2-29-14-16-30(17-15-29)27(33)28-21-12-13-25-23(18-21)31(19-20-8-4-3-5-9-20)26(32)22-10-6-7-11-24(22)34-25/h3-13,18H,2,14-17,19H2,1H3,(H,28,33). The van der Waals surface area contributed by atoms with E-state index in [1.807, 2.05) is 82.6 Å². The molecular formula is C27H28N4O2S. The summed E-state index contributed by atoms with van der Waals surface area (Å²) in [5.41, 5.74) is 3.25. The minimum Gasteiger partial charge on any atom is -0.322 e. The number of carbonyl (C=O) groups excluding carboxylic acids is 2. The fourth-order valence-corrected chi connectivity index (χ4v) is 5.45. The van der Waals surface area contributed by atoms with E-state index in [0.717, 1.165) is 40.7 Å². The summed E-state index contributed by atoms with van der Waals surface area (Å²) in [5.74, 6) is -0.0372. The minimum atomic E-state index is -0.0961. The first-order chi connectivity index (χ1) is 16.6. The number of urea groups is 1. The van der Waals surface area contributed by atoms with Gasteiger partial charge >= 0.3 is 6.03 Å². The Morgan fingerprint density at radius 2 is 1.65 bits per heavy atom. The normalized spacial score (nSPS) is 16.0. The van der Waals surface area contributed by atoms with Gasteiger partial charge in [0.2, 0.25) is 0 Å². The molecule has 6 nitrogen and oxygen atoms in total. The lowest BCUT2D eigenvalue weighted by Crippen LogP contribution is -2.49. The van der Waals surface area contributed by atoms with Crippen LogP contribution < -0.4 is 10.2 Å². The number of amides is 3. The average molecular weight is 473 g/mol. The first kappa shape index (κ1) is 22.5. The van der Waals surface area contributed by atoms with Gasteiger partial charge in [0.05, 0.1) is 17.8 Å². The van der Waals surface area contributed by atoms with Crippen molar-refractivity contribution in [2.45, 2.75) is 23.3 Å². The molecule has 3 aromatic carbocycles. The number of hydrogen-bond donors (Lipinski definition) is 1. The van der Waals surface area contributed by atoms with E-state index in [1.54, 1.807) is 11.8 Å². The highest BCUT2D eigenvalue weighted by Crippen LogP contribution is 2.43. The van der Waals surface area contributed by atoms with Crippen LogP contribution in [0.25, 0.3) is 0 Å². The number of likely N-dealkylation sites (N-methyl/N-ethyl adjacent to an activating group) is 1. The van der Waals surface area contributed by atoms with E-state index in [2.05, 4.69) is 17.1 Å². The molecule has 0 bridgehead atoms. The highest BCUT2D eigenvalue weighted by Gasteiger charge is 2.28. The van der Waals surface area contributed by atoms with Gasteiger partial charge in [-0.15, -0.1) is 0 Å². The van der Waals surface area contributed by atoms with Crippen LogP contribution in [0.4, 0.5) is 16.2 Å². The van der Waals surface area contributed by atoms with Crippen LogP contribution in [0.1, 0.15) is 22.8 Å². The van der Waals surface area contributed by atoms with Gasteiger partial charge in [-0.2, -0.15) is 0 Å². The zero-order valence-electron chi connectivity index (χ0n) is 19.2. The number of carbonyl (C=O) groups is 2. The molecule has 1 N–H and O–H groups in total. The van der Waals surface area contributed by atoms with Gasteiger partial charge in [-0.25, -0.2) is 4.79 Å². The Morgan fingerprint density at radius 1 is 0.912 bits per heavy atom. The van der Waals surface area contributed by atoms with Crippen molar-refractivity contribution >= 4 is 35.1 Å². The Balaban J connectivity index is 1.44. The van der Waals surface area contributed by atoms with Gasteiger partial charge in [0.1, 0.15) is 0 Å². The lowest BCUT2D eigenvalue weighted by Gasteiger charge is -2.34. The number of piperazine rings is 1. The number of benzene rings is 3. The molecule has 0 saturated carbocycles. The molecule has 3 amide bonds. The summed E-state index contributed by atoms with van der Waals surface area (Å²) >= 11 is 1.59. The van der Waals surface area contributed by atoms with Crippen LogP contribution in [-0.2, 0) is 6.54 Å². The minimum absolute atomic E-state index is 0.0372. The van der Waals surface area contributed by atoms with Crippen LogP contribution in [0.2, 0.25) is 0 Å². The molecule has 174 valence electrons. The highest BCUT2D eigenvalue weighted by molar-refractivity contribution is 7.99. The van der Waals surface area contributed by atoms with E-state index in [0.29, 0.717) is 30.9 Å². The summed E-state index contributed by atoms with van der Waals surface area (Å²) in [6.45, 7) is 6.82. The summed E-state index contributed by atoms with van der Waals surface area (Å²) in [4.78, 5) is 34.5. The Bertz CT molecular complexity index is 1190. The third kappa shape index (κ3) is 4.67. The SMILES string of the molecule is CCN1CCN(C(=O)Nc2ccc3c(c2)N(Cc2ccccc2)C(=O)c2ccccc2S3)CC1. The second-order valence-electron chi connectivity index (χ2n) is 8.51. The number of nitrogens with one attached hydrogen (secondary N) is 1. The third-order valence-corrected chi connectivity index (χ3v) is 7.51. The van der Waals surface area contributed by atoms with Gasteiger partial charge in [-0.05, 0) is 42.4 Å². The molecule has 2 heterocycles. The molecule has 1 fully saturated rings. The Kier molecular flexibility index (Phi) is 6.56. The molecule has 7 heteroatoms. The molecule has 2 aliphatic rings. The van der Waals surface area contributed by atoms with E-state index in [-0.39, 0.29) is 11.9 Å². The van der Waals surface area contributed by atoms with Crippen LogP contribution in [0.5, 0.6) is 0 Å². The first-order valence-electron chi connectivity index (χ1n) is 11.7. The van der Waals surface area contributed by atoms with Crippen molar-refractivity contribution in [2.75, 3.05) is 42.9 Å². The molecule has 0 aliphatic carbocycles. The predicted octanol–water partition coefficient (Wildman–Crippen LogP) is 5.17. The van der Waals surface area contributed by atoms with E-state index >= 15 is 0 Å². The zero-order valence-corrected chi connectivity index (χ0v) is 20.1. The number of rotatable bonds is 4. The van der Waals surface area contributed by atoms with Crippen molar-refractivity contribution in [3.8, 4) is 0 Å². The quantitative estimate of drug-likeness (QED) is 0.569. The first-order valence-corrected chi connectivity index (χ1v) is 12.5. The lowest BCUT2D eigenvalue weighted by atomic mass is 10.1. The molecule has 0 unspecified atom stereocenters. The second kappa shape index (κ2) is 9.91. The molecule has 5 rings (SSSR count). The molecule has 0 aromatic heterocycles. The maximum atomic E-state index is 13.7. The van der Waals surface area contributed by atoms with Crippen molar-refractivity contribution in [3.63, 3.8) is 0 Å². The average Bonchev–Trinajstić information content (AvgIpc) is 2.99. The fraction of sp³-hybridized carbons (Fsp3) is 0.259. The van der Waals surface area contributed by atoms with Crippen LogP contribution in [0, 0.1) is 0 Å². The second-order valence-corrected chi connectivity index (χ2v) is 9.59. The van der Waals surface area contributed by atoms with Crippen molar-refractivity contribution in [2.24, 2.45) is 0 Å². The van der Waals surface area contributed by atoms with Crippen LogP contribution >= 0.6 is 11.8 Å². The molecule has 0 radical (unpaired) electrons. The summed E-state index contributed by atoms with van der Waals surface area (Å²) in [6, 6.07) is 23.5. The molecule has 2 aliphatic heterocycles. The third-order valence-electron chi connectivity index (χ3n) is 6.37. The summed E-state index contributed by atoms with van der Waals surface area (Å²) in [5, 5.41) is 3.06. The van der Waals surface area contributed by atoms with Crippen LogP contribution in [0.3, 0.4) is 0 Å². The topological polar surface area (TPSA) is 55.9 Å². The monoisotopic (exact) mass is 472 g/mol. The van der Waals surface area contributed by atoms with E-state index in [4.69, 9.17) is 0 Å². The Labute approximate surface area is 204 Å². The van der Waals surface area contributed by atoms with Gasteiger partial charge in [-0.3, -0.25) is 4.79 Å². The molecule has 34 heavy (non-hydrogen) atoms. The number of hydrogen-bond acceptors (Lipinski definition) is 4. The predicted molar refractivity (Wildman–Crippen MR) is 137 cm³/mol. The van der Waals surface area contributed by atoms with Crippen LogP contribution in [0.15, 0.2) is 82.6 Å². The highest BCUT2D eigenvalue weighted by atomic mass is 32.2. The van der Waals surface area contributed by atoms with Gasteiger partial charge in [0.25, 0.3) is 5.91 Å².